The van der Waals surface area contributed by atoms with E-state index in [0.29, 0.717) is 0 Å². The van der Waals surface area contributed by atoms with Crippen LogP contribution < -0.4 is 0 Å². The van der Waals surface area contributed by atoms with Gasteiger partial charge in [0.15, 0.2) is 0 Å². The van der Waals surface area contributed by atoms with Crippen molar-refractivity contribution >= 4 is 12.0 Å². The van der Waals surface area contributed by atoms with Gasteiger partial charge in [0, 0.05) is 32.7 Å². The van der Waals surface area contributed by atoms with E-state index in [-0.39, 0.29) is 5.91 Å². The van der Waals surface area contributed by atoms with Gasteiger partial charge >= 0.3 is 0 Å². The van der Waals surface area contributed by atoms with E-state index in [1.807, 2.05) is 46.0 Å². The standard InChI is InChI=1S/C25H28N4O/c1-2-24-23(20-26-29(24)22-13-7-4-8-14-22)25(30)28-18-16-27(17-19-28)15-9-12-21-10-5-3-6-11-21/h3-14,20H,2,15-19H2,1H3/b12-9+. The third-order valence-corrected chi connectivity index (χ3v) is 5.57. The van der Waals surface area contributed by atoms with Gasteiger partial charge in [0.25, 0.3) is 5.91 Å². The molecule has 30 heavy (non-hydrogen) atoms. The van der Waals surface area contributed by atoms with Gasteiger partial charge < -0.3 is 4.90 Å². The van der Waals surface area contributed by atoms with Crippen molar-refractivity contribution in [2.24, 2.45) is 0 Å². The summed E-state index contributed by atoms with van der Waals surface area (Å²) in [6.45, 7) is 6.25. The molecule has 0 bridgehead atoms. The average Bonchev–Trinajstić information content (AvgIpc) is 3.24. The second-order valence-corrected chi connectivity index (χ2v) is 7.51. The molecule has 5 heteroatoms. The summed E-state index contributed by atoms with van der Waals surface area (Å²) in [6, 6.07) is 20.3. The summed E-state index contributed by atoms with van der Waals surface area (Å²) in [6.07, 6.45) is 6.85. The predicted molar refractivity (Wildman–Crippen MR) is 121 cm³/mol. The van der Waals surface area contributed by atoms with Gasteiger partial charge in [0.1, 0.15) is 0 Å². The molecule has 0 atom stereocenters. The SMILES string of the molecule is CCc1c(C(=O)N2CCN(C/C=C/c3ccccc3)CC2)cnn1-c1ccccc1. The lowest BCUT2D eigenvalue weighted by molar-refractivity contribution is 0.0649. The van der Waals surface area contributed by atoms with Crippen LogP contribution in [-0.2, 0) is 6.42 Å². The van der Waals surface area contributed by atoms with Gasteiger partial charge in [-0.25, -0.2) is 4.68 Å². The molecular weight excluding hydrogens is 372 g/mol. The topological polar surface area (TPSA) is 41.4 Å². The molecular formula is C25H28N4O. The molecule has 5 nitrogen and oxygen atoms in total. The van der Waals surface area contributed by atoms with Crippen LogP contribution in [0.3, 0.4) is 0 Å². The molecule has 0 aliphatic carbocycles. The minimum atomic E-state index is 0.0912. The fourth-order valence-corrected chi connectivity index (χ4v) is 3.89. The van der Waals surface area contributed by atoms with Gasteiger partial charge in [-0.1, -0.05) is 67.6 Å². The monoisotopic (exact) mass is 400 g/mol. The number of para-hydroxylation sites is 1. The molecule has 1 aliphatic rings. The first-order chi connectivity index (χ1) is 14.8. The Labute approximate surface area is 178 Å². The third-order valence-electron chi connectivity index (χ3n) is 5.57. The van der Waals surface area contributed by atoms with Crippen molar-refractivity contribution in [3.63, 3.8) is 0 Å². The molecule has 4 rings (SSSR count). The Hall–Kier alpha value is -3.18. The summed E-state index contributed by atoms with van der Waals surface area (Å²) in [5.41, 5.74) is 3.90. The molecule has 2 aromatic carbocycles. The predicted octanol–water partition coefficient (Wildman–Crippen LogP) is 3.91. The van der Waals surface area contributed by atoms with Gasteiger partial charge in [-0.2, -0.15) is 5.10 Å². The zero-order valence-corrected chi connectivity index (χ0v) is 17.4. The third kappa shape index (κ3) is 4.52. The summed E-state index contributed by atoms with van der Waals surface area (Å²) < 4.78 is 1.89. The number of hydrogen-bond acceptors (Lipinski definition) is 3. The van der Waals surface area contributed by atoms with Crippen LogP contribution in [0.4, 0.5) is 0 Å². The second-order valence-electron chi connectivity index (χ2n) is 7.51. The first-order valence-electron chi connectivity index (χ1n) is 10.6. The van der Waals surface area contributed by atoms with Crippen LogP contribution in [0.1, 0.15) is 28.5 Å². The van der Waals surface area contributed by atoms with Crippen LogP contribution in [0.15, 0.2) is 72.9 Å². The highest BCUT2D eigenvalue weighted by Gasteiger charge is 2.25. The van der Waals surface area contributed by atoms with E-state index < -0.39 is 0 Å². The Morgan fingerprint density at radius 1 is 0.967 bits per heavy atom. The second kappa shape index (κ2) is 9.55. The zero-order valence-electron chi connectivity index (χ0n) is 17.4. The Kier molecular flexibility index (Phi) is 6.40. The Bertz CT molecular complexity index is 987. The fourth-order valence-electron chi connectivity index (χ4n) is 3.89. The lowest BCUT2D eigenvalue weighted by Gasteiger charge is -2.34. The molecule has 1 aromatic heterocycles. The number of aromatic nitrogens is 2. The smallest absolute Gasteiger partial charge is 0.257 e. The van der Waals surface area contributed by atoms with E-state index in [1.165, 1.54) is 5.56 Å². The van der Waals surface area contributed by atoms with Gasteiger partial charge in [0.2, 0.25) is 0 Å². The van der Waals surface area contributed by atoms with Gasteiger partial charge in [-0.05, 0) is 24.1 Å². The van der Waals surface area contributed by atoms with Crippen LogP contribution in [0.2, 0.25) is 0 Å². The van der Waals surface area contributed by atoms with E-state index in [4.69, 9.17) is 0 Å². The van der Waals surface area contributed by atoms with Gasteiger partial charge in [0.05, 0.1) is 23.1 Å². The molecule has 0 spiro atoms. The number of amides is 1. The van der Waals surface area contributed by atoms with Gasteiger partial charge in [-0.3, -0.25) is 9.69 Å². The lowest BCUT2D eigenvalue weighted by atomic mass is 10.1. The first-order valence-corrected chi connectivity index (χ1v) is 10.6. The van der Waals surface area contributed by atoms with Gasteiger partial charge in [-0.15, -0.1) is 0 Å². The van der Waals surface area contributed by atoms with Crippen molar-refractivity contribution in [1.82, 2.24) is 19.6 Å². The highest BCUT2D eigenvalue weighted by molar-refractivity contribution is 5.95. The normalized spacial score (nSPS) is 15.0. The van der Waals surface area contributed by atoms with E-state index in [9.17, 15) is 4.79 Å². The lowest BCUT2D eigenvalue weighted by Crippen LogP contribution is -2.48. The molecule has 0 radical (unpaired) electrons. The zero-order chi connectivity index (χ0) is 20.8. The van der Waals surface area contributed by atoms with Crippen LogP contribution in [0.25, 0.3) is 11.8 Å². The number of carbonyl (C=O) groups excluding carboxylic acids is 1. The number of piperazine rings is 1. The molecule has 0 N–H and O–H groups in total. The Morgan fingerprint density at radius 2 is 1.63 bits per heavy atom. The molecule has 1 aliphatic heterocycles. The van der Waals surface area contributed by atoms with Crippen molar-refractivity contribution in [1.29, 1.82) is 0 Å². The summed E-state index contributed by atoms with van der Waals surface area (Å²) in [5.74, 6) is 0.0912. The van der Waals surface area contributed by atoms with E-state index in [0.717, 1.165) is 56.1 Å². The highest BCUT2D eigenvalue weighted by atomic mass is 16.2. The van der Waals surface area contributed by atoms with E-state index >= 15 is 0 Å². The molecule has 154 valence electrons. The number of carbonyl (C=O) groups is 1. The highest BCUT2D eigenvalue weighted by Crippen LogP contribution is 2.18. The molecule has 1 saturated heterocycles. The summed E-state index contributed by atoms with van der Waals surface area (Å²) in [7, 11) is 0. The average molecular weight is 401 g/mol. The van der Waals surface area contributed by atoms with Crippen LogP contribution >= 0.6 is 0 Å². The number of rotatable bonds is 6. The first kappa shape index (κ1) is 20.1. The number of nitrogens with zero attached hydrogens (tertiary/aromatic N) is 4. The van der Waals surface area contributed by atoms with Crippen LogP contribution in [0, 0.1) is 0 Å². The quantitative estimate of drug-likeness (QED) is 0.630. The van der Waals surface area contributed by atoms with Crippen molar-refractivity contribution in [2.45, 2.75) is 13.3 Å². The molecule has 1 fully saturated rings. The number of benzene rings is 2. The Balaban J connectivity index is 1.37. The number of hydrogen-bond donors (Lipinski definition) is 0. The molecule has 1 amide bonds. The maximum absolute atomic E-state index is 13.2. The molecule has 3 aromatic rings. The summed E-state index contributed by atoms with van der Waals surface area (Å²) in [5, 5.41) is 4.51. The van der Waals surface area contributed by atoms with Crippen molar-refractivity contribution in [3.05, 3.63) is 89.8 Å². The van der Waals surface area contributed by atoms with Crippen LogP contribution in [0.5, 0.6) is 0 Å². The van der Waals surface area contributed by atoms with E-state index in [2.05, 4.69) is 53.3 Å². The van der Waals surface area contributed by atoms with Crippen molar-refractivity contribution in [3.8, 4) is 5.69 Å². The van der Waals surface area contributed by atoms with Crippen LogP contribution in [-0.4, -0.2) is 58.2 Å². The molecule has 2 heterocycles. The largest absolute Gasteiger partial charge is 0.336 e. The fraction of sp³-hybridized carbons (Fsp3) is 0.280. The molecule has 0 saturated carbocycles. The minimum absolute atomic E-state index is 0.0912. The maximum atomic E-state index is 13.2. The maximum Gasteiger partial charge on any atom is 0.257 e. The summed E-state index contributed by atoms with van der Waals surface area (Å²) >= 11 is 0. The Morgan fingerprint density at radius 3 is 2.30 bits per heavy atom. The van der Waals surface area contributed by atoms with Crippen molar-refractivity contribution in [2.75, 3.05) is 32.7 Å². The summed E-state index contributed by atoms with van der Waals surface area (Å²) in [4.78, 5) is 17.5. The van der Waals surface area contributed by atoms with Crippen molar-refractivity contribution < 1.29 is 4.79 Å². The minimum Gasteiger partial charge on any atom is -0.336 e. The van der Waals surface area contributed by atoms with E-state index in [1.54, 1.807) is 6.20 Å². The molecule has 0 unspecified atom stereocenters.